The van der Waals surface area contributed by atoms with Crippen LogP contribution in [0.1, 0.15) is 66.5 Å². The van der Waals surface area contributed by atoms with Crippen molar-refractivity contribution in [2.45, 2.75) is 80.2 Å². The van der Waals surface area contributed by atoms with Gasteiger partial charge in [-0.2, -0.15) is 0 Å². The van der Waals surface area contributed by atoms with Crippen LogP contribution in [-0.2, 0) is 6.42 Å². The first kappa shape index (κ1) is 17.2. The van der Waals surface area contributed by atoms with Crippen LogP contribution in [0.5, 0.6) is 0 Å². The van der Waals surface area contributed by atoms with Crippen molar-refractivity contribution in [3.63, 3.8) is 0 Å². The normalized spacial score (nSPS) is 11.4. The highest BCUT2D eigenvalue weighted by molar-refractivity contribution is 5.49. The lowest BCUT2D eigenvalue weighted by atomic mass is 9.87. The summed E-state index contributed by atoms with van der Waals surface area (Å²) in [5.74, 6) is 0. The van der Waals surface area contributed by atoms with Gasteiger partial charge in [-0.25, -0.2) is 0 Å². The molecule has 0 saturated heterocycles. The third kappa shape index (κ3) is 4.34. The van der Waals surface area contributed by atoms with E-state index in [1.54, 1.807) is 5.56 Å². The Hall–Kier alpha value is -0.820. The van der Waals surface area contributed by atoms with E-state index in [2.05, 4.69) is 53.8 Å². The molecule has 1 N–H and O–H groups in total. The van der Waals surface area contributed by atoms with Crippen molar-refractivity contribution >= 4 is 0 Å². The SMILES string of the molecule is Cc1c(C)c(C)c(CCCCCNC(C)C)c(C)c1C. The maximum absolute atomic E-state index is 3.49. The Morgan fingerprint density at radius 3 is 1.70 bits per heavy atom. The standard InChI is InChI=1S/C19H33N/c1-13(2)20-12-10-8-9-11-19-17(6)15(4)14(3)16(5)18(19)7/h13,20H,8-12H2,1-7H3. The van der Waals surface area contributed by atoms with Gasteiger partial charge in [0.1, 0.15) is 0 Å². The van der Waals surface area contributed by atoms with Crippen molar-refractivity contribution in [2.75, 3.05) is 6.54 Å². The van der Waals surface area contributed by atoms with Gasteiger partial charge in [0.05, 0.1) is 0 Å². The molecule has 114 valence electrons. The van der Waals surface area contributed by atoms with Crippen LogP contribution >= 0.6 is 0 Å². The molecule has 1 aromatic carbocycles. The van der Waals surface area contributed by atoms with Gasteiger partial charge >= 0.3 is 0 Å². The molecule has 0 spiro atoms. The molecule has 0 heterocycles. The van der Waals surface area contributed by atoms with Crippen molar-refractivity contribution in [3.8, 4) is 0 Å². The molecule has 0 aliphatic rings. The third-order valence-electron chi connectivity index (χ3n) is 4.81. The molecule has 0 radical (unpaired) electrons. The van der Waals surface area contributed by atoms with E-state index in [4.69, 9.17) is 0 Å². The summed E-state index contributed by atoms with van der Waals surface area (Å²) in [5, 5.41) is 3.49. The lowest BCUT2D eigenvalue weighted by molar-refractivity contribution is 0.548. The van der Waals surface area contributed by atoms with Crippen molar-refractivity contribution in [1.29, 1.82) is 0 Å². The van der Waals surface area contributed by atoms with Gasteiger partial charge in [-0.05, 0) is 93.8 Å². The Balaban J connectivity index is 2.57. The van der Waals surface area contributed by atoms with Gasteiger partial charge < -0.3 is 5.32 Å². The summed E-state index contributed by atoms with van der Waals surface area (Å²) in [6.07, 6.45) is 5.16. The van der Waals surface area contributed by atoms with Crippen LogP contribution in [0.25, 0.3) is 0 Å². The predicted octanol–water partition coefficient (Wildman–Crippen LogP) is 4.94. The Morgan fingerprint density at radius 1 is 0.700 bits per heavy atom. The van der Waals surface area contributed by atoms with Gasteiger partial charge in [-0.15, -0.1) is 0 Å². The molecule has 0 aromatic heterocycles. The highest BCUT2D eigenvalue weighted by Gasteiger charge is 2.11. The van der Waals surface area contributed by atoms with Crippen molar-refractivity contribution < 1.29 is 0 Å². The van der Waals surface area contributed by atoms with Gasteiger partial charge in [0.25, 0.3) is 0 Å². The summed E-state index contributed by atoms with van der Waals surface area (Å²) in [7, 11) is 0. The quantitative estimate of drug-likeness (QED) is 0.695. The van der Waals surface area contributed by atoms with Crippen LogP contribution < -0.4 is 5.32 Å². The fourth-order valence-electron chi connectivity index (χ4n) is 2.95. The highest BCUT2D eigenvalue weighted by Crippen LogP contribution is 2.27. The topological polar surface area (TPSA) is 12.0 Å². The molecule has 0 fully saturated rings. The first-order valence-corrected chi connectivity index (χ1v) is 8.15. The van der Waals surface area contributed by atoms with E-state index < -0.39 is 0 Å². The van der Waals surface area contributed by atoms with E-state index in [1.807, 2.05) is 0 Å². The smallest absolute Gasteiger partial charge is 0.00103 e. The molecule has 20 heavy (non-hydrogen) atoms. The summed E-state index contributed by atoms with van der Waals surface area (Å²) in [4.78, 5) is 0. The molecular weight excluding hydrogens is 242 g/mol. The molecule has 0 saturated carbocycles. The summed E-state index contributed by atoms with van der Waals surface area (Å²) < 4.78 is 0. The van der Waals surface area contributed by atoms with Gasteiger partial charge in [-0.1, -0.05) is 20.3 Å². The van der Waals surface area contributed by atoms with E-state index in [-0.39, 0.29) is 0 Å². The van der Waals surface area contributed by atoms with E-state index in [9.17, 15) is 0 Å². The van der Waals surface area contributed by atoms with Crippen molar-refractivity contribution in [2.24, 2.45) is 0 Å². The maximum Gasteiger partial charge on any atom is 0.00103 e. The third-order valence-corrected chi connectivity index (χ3v) is 4.81. The van der Waals surface area contributed by atoms with Crippen LogP contribution in [0.2, 0.25) is 0 Å². The molecule has 1 aromatic rings. The van der Waals surface area contributed by atoms with Gasteiger partial charge in [0.15, 0.2) is 0 Å². The molecule has 0 bridgehead atoms. The first-order valence-electron chi connectivity index (χ1n) is 8.15. The first-order chi connectivity index (χ1) is 9.36. The lowest BCUT2D eigenvalue weighted by Crippen LogP contribution is -2.23. The van der Waals surface area contributed by atoms with Crippen molar-refractivity contribution in [1.82, 2.24) is 5.32 Å². The zero-order valence-electron chi connectivity index (χ0n) is 14.6. The second kappa shape index (κ2) is 7.83. The summed E-state index contributed by atoms with van der Waals surface area (Å²) in [6, 6.07) is 0.613. The minimum absolute atomic E-state index is 0.613. The fraction of sp³-hybridized carbons (Fsp3) is 0.684. The van der Waals surface area contributed by atoms with Gasteiger partial charge in [0, 0.05) is 6.04 Å². The van der Waals surface area contributed by atoms with Crippen LogP contribution in [0.3, 0.4) is 0 Å². The number of hydrogen-bond acceptors (Lipinski definition) is 1. The monoisotopic (exact) mass is 275 g/mol. The average Bonchev–Trinajstić information content (AvgIpc) is 2.41. The number of hydrogen-bond donors (Lipinski definition) is 1. The van der Waals surface area contributed by atoms with E-state index in [1.165, 1.54) is 53.5 Å². The Kier molecular flexibility index (Phi) is 6.75. The van der Waals surface area contributed by atoms with Gasteiger partial charge in [0.2, 0.25) is 0 Å². The van der Waals surface area contributed by atoms with Crippen molar-refractivity contribution in [3.05, 3.63) is 33.4 Å². The van der Waals surface area contributed by atoms with Gasteiger partial charge in [-0.3, -0.25) is 0 Å². The van der Waals surface area contributed by atoms with Crippen LogP contribution in [0.4, 0.5) is 0 Å². The zero-order valence-corrected chi connectivity index (χ0v) is 14.6. The second-order valence-electron chi connectivity index (χ2n) is 6.52. The fourth-order valence-corrected chi connectivity index (χ4v) is 2.95. The van der Waals surface area contributed by atoms with E-state index in [0.29, 0.717) is 6.04 Å². The summed E-state index contributed by atoms with van der Waals surface area (Å²) in [6.45, 7) is 17.0. The Morgan fingerprint density at radius 2 is 1.20 bits per heavy atom. The van der Waals surface area contributed by atoms with Crippen LogP contribution in [0.15, 0.2) is 0 Å². The minimum atomic E-state index is 0.613. The molecule has 1 rings (SSSR count). The summed E-state index contributed by atoms with van der Waals surface area (Å²) in [5.41, 5.74) is 9.10. The highest BCUT2D eigenvalue weighted by atomic mass is 14.9. The molecule has 0 aliphatic carbocycles. The molecular formula is C19H33N. The largest absolute Gasteiger partial charge is 0.315 e. The number of benzene rings is 1. The molecule has 0 atom stereocenters. The molecule has 0 aliphatic heterocycles. The van der Waals surface area contributed by atoms with Crippen LogP contribution in [0, 0.1) is 34.6 Å². The number of unbranched alkanes of at least 4 members (excludes halogenated alkanes) is 2. The predicted molar refractivity (Wildman–Crippen MR) is 90.8 cm³/mol. The molecule has 1 heteroatoms. The Labute approximate surface area is 126 Å². The Bertz CT molecular complexity index is 415. The molecule has 0 amide bonds. The van der Waals surface area contributed by atoms with Crippen LogP contribution in [-0.4, -0.2) is 12.6 Å². The number of nitrogens with one attached hydrogen (secondary N) is 1. The maximum atomic E-state index is 3.49. The second-order valence-corrected chi connectivity index (χ2v) is 6.52. The lowest BCUT2D eigenvalue weighted by Gasteiger charge is -2.18. The average molecular weight is 275 g/mol. The number of rotatable bonds is 7. The molecule has 0 unspecified atom stereocenters. The zero-order chi connectivity index (χ0) is 15.3. The minimum Gasteiger partial charge on any atom is -0.315 e. The summed E-state index contributed by atoms with van der Waals surface area (Å²) >= 11 is 0. The van der Waals surface area contributed by atoms with E-state index in [0.717, 1.165) is 6.54 Å². The molecule has 1 nitrogen and oxygen atoms in total. The van der Waals surface area contributed by atoms with E-state index >= 15 is 0 Å².